The van der Waals surface area contributed by atoms with Crippen LogP contribution in [0.3, 0.4) is 0 Å². The summed E-state index contributed by atoms with van der Waals surface area (Å²) in [4.78, 5) is 6.94. The van der Waals surface area contributed by atoms with Crippen molar-refractivity contribution >= 4 is 14.7 Å². The Morgan fingerprint density at radius 3 is 1.20 bits per heavy atom. The Labute approximate surface area is 68.6 Å². The number of hydrogen-bond acceptors (Lipinski definition) is 0. The molecule has 1 heteroatoms. The van der Waals surface area contributed by atoms with Gasteiger partial charge in [-0.3, -0.25) is 0 Å². The van der Waals surface area contributed by atoms with Crippen LogP contribution in [0.15, 0.2) is 32.8 Å². The molecule has 0 aliphatic heterocycles. The standard InChI is InChI=1S/C9H15As/c1-4-7-10(8-5-2)9-6-3/h4-9H,1-3H3. The number of hydrogen-bond donors (Lipinski definition) is 0. The van der Waals surface area contributed by atoms with Crippen molar-refractivity contribution in [1.82, 2.24) is 0 Å². The third kappa shape index (κ3) is 4.64. The molecule has 56 valence electrons. The van der Waals surface area contributed by atoms with Crippen LogP contribution in [0.4, 0.5) is 0 Å². The van der Waals surface area contributed by atoms with Gasteiger partial charge in [-0.1, -0.05) is 0 Å². The molecule has 0 rings (SSSR count). The summed E-state index contributed by atoms with van der Waals surface area (Å²) < 4.78 is 0. The molecule has 0 aliphatic rings. The Kier molecular flexibility index (Phi) is 6.74. The van der Waals surface area contributed by atoms with Crippen molar-refractivity contribution in [3.05, 3.63) is 32.8 Å². The van der Waals surface area contributed by atoms with Crippen LogP contribution < -0.4 is 0 Å². The molecular weight excluding hydrogens is 183 g/mol. The third-order valence-electron chi connectivity index (χ3n) is 0.964. The maximum atomic E-state index is 2.31. The van der Waals surface area contributed by atoms with Gasteiger partial charge in [0, 0.05) is 0 Å². The zero-order chi connectivity index (χ0) is 7.82. The van der Waals surface area contributed by atoms with Crippen LogP contribution >= 0.6 is 0 Å². The van der Waals surface area contributed by atoms with Gasteiger partial charge in [0.05, 0.1) is 0 Å². The van der Waals surface area contributed by atoms with Crippen LogP contribution in [-0.2, 0) is 0 Å². The van der Waals surface area contributed by atoms with Crippen LogP contribution in [0.1, 0.15) is 20.8 Å². The van der Waals surface area contributed by atoms with Gasteiger partial charge in [-0.15, -0.1) is 0 Å². The van der Waals surface area contributed by atoms with Gasteiger partial charge < -0.3 is 0 Å². The van der Waals surface area contributed by atoms with Crippen molar-refractivity contribution in [3.63, 3.8) is 0 Å². The summed E-state index contributed by atoms with van der Waals surface area (Å²) in [6.07, 6.45) is 6.42. The Bertz CT molecular complexity index is 114. The second-order valence-electron chi connectivity index (χ2n) is 1.89. The van der Waals surface area contributed by atoms with E-state index in [0.29, 0.717) is 0 Å². The first-order valence-corrected chi connectivity index (χ1v) is 6.76. The topological polar surface area (TPSA) is 0 Å². The fourth-order valence-electron chi connectivity index (χ4n) is 0.665. The van der Waals surface area contributed by atoms with E-state index in [2.05, 4.69) is 53.6 Å². The molecule has 0 saturated heterocycles. The van der Waals surface area contributed by atoms with Crippen molar-refractivity contribution < 1.29 is 0 Å². The predicted molar refractivity (Wildman–Crippen MR) is 50.2 cm³/mol. The van der Waals surface area contributed by atoms with Gasteiger partial charge >= 0.3 is 68.2 Å². The average Bonchev–Trinajstić information content (AvgIpc) is 1.90. The zero-order valence-corrected chi connectivity index (χ0v) is 8.79. The monoisotopic (exact) mass is 198 g/mol. The van der Waals surface area contributed by atoms with Crippen LogP contribution in [0.25, 0.3) is 0 Å². The molecule has 10 heavy (non-hydrogen) atoms. The van der Waals surface area contributed by atoms with E-state index in [1.807, 2.05) is 0 Å². The quantitative estimate of drug-likeness (QED) is 0.611. The van der Waals surface area contributed by atoms with E-state index < -0.39 is 14.7 Å². The van der Waals surface area contributed by atoms with Gasteiger partial charge in [0.1, 0.15) is 0 Å². The van der Waals surface area contributed by atoms with Crippen LogP contribution in [0.2, 0.25) is 0 Å². The molecular formula is C9H15As. The molecule has 0 unspecified atom stereocenters. The fraction of sp³-hybridized carbons (Fsp3) is 0.333. The minimum atomic E-state index is -0.839. The van der Waals surface area contributed by atoms with Crippen LogP contribution in [0, 0.1) is 0 Å². The molecule has 0 radical (unpaired) electrons. The van der Waals surface area contributed by atoms with E-state index in [0.717, 1.165) is 0 Å². The summed E-state index contributed by atoms with van der Waals surface area (Å²) in [5, 5.41) is 0. The second kappa shape index (κ2) is 6.89. The summed E-state index contributed by atoms with van der Waals surface area (Å²) in [6, 6.07) is 0. The zero-order valence-electron chi connectivity index (χ0n) is 6.91. The van der Waals surface area contributed by atoms with Gasteiger partial charge in [0.25, 0.3) is 0 Å². The van der Waals surface area contributed by atoms with Crippen molar-refractivity contribution in [3.8, 4) is 0 Å². The third-order valence-corrected chi connectivity index (χ3v) is 5.01. The molecule has 0 aromatic heterocycles. The molecule has 0 atom stereocenters. The van der Waals surface area contributed by atoms with Gasteiger partial charge in [-0.2, -0.15) is 0 Å². The van der Waals surface area contributed by atoms with E-state index in [9.17, 15) is 0 Å². The molecule has 0 saturated carbocycles. The van der Waals surface area contributed by atoms with E-state index in [1.54, 1.807) is 0 Å². The first-order chi connectivity index (χ1) is 4.85. The van der Waals surface area contributed by atoms with E-state index in [4.69, 9.17) is 0 Å². The molecule has 0 amide bonds. The second-order valence-corrected chi connectivity index (χ2v) is 5.65. The summed E-state index contributed by atoms with van der Waals surface area (Å²) >= 11 is -0.839. The van der Waals surface area contributed by atoms with E-state index in [1.165, 1.54) is 0 Å². The summed E-state index contributed by atoms with van der Waals surface area (Å²) in [5.41, 5.74) is 0. The van der Waals surface area contributed by atoms with Crippen molar-refractivity contribution in [2.75, 3.05) is 0 Å². The first-order valence-electron chi connectivity index (χ1n) is 3.51. The molecule has 0 fully saturated rings. The average molecular weight is 198 g/mol. The van der Waals surface area contributed by atoms with Crippen molar-refractivity contribution in [2.24, 2.45) is 0 Å². The van der Waals surface area contributed by atoms with Crippen molar-refractivity contribution in [2.45, 2.75) is 20.8 Å². The van der Waals surface area contributed by atoms with E-state index >= 15 is 0 Å². The number of allylic oxidation sites excluding steroid dienone is 3. The predicted octanol–water partition coefficient (Wildman–Crippen LogP) is 2.83. The first kappa shape index (κ1) is 9.78. The van der Waals surface area contributed by atoms with E-state index in [-0.39, 0.29) is 0 Å². The Morgan fingerprint density at radius 2 is 1.00 bits per heavy atom. The van der Waals surface area contributed by atoms with Gasteiger partial charge in [-0.05, 0) is 0 Å². The molecule has 0 bridgehead atoms. The summed E-state index contributed by atoms with van der Waals surface area (Å²) in [7, 11) is 0. The molecule has 0 aromatic rings. The molecule has 0 spiro atoms. The molecule has 0 heterocycles. The van der Waals surface area contributed by atoms with Crippen LogP contribution in [0.5, 0.6) is 0 Å². The summed E-state index contributed by atoms with van der Waals surface area (Å²) in [5.74, 6) is 0. The molecule has 0 aliphatic carbocycles. The van der Waals surface area contributed by atoms with Gasteiger partial charge in [-0.25, -0.2) is 0 Å². The van der Waals surface area contributed by atoms with Crippen LogP contribution in [-0.4, -0.2) is 14.7 Å². The fourth-order valence-corrected chi connectivity index (χ4v) is 3.46. The minimum absolute atomic E-state index is 0.839. The Hall–Kier alpha value is -0.222. The SMILES string of the molecule is CC=C[As](C=CC)C=CC. The maximum absolute atomic E-state index is 2.31. The normalized spacial score (nSPS) is 15.9. The summed E-state index contributed by atoms with van der Waals surface area (Å²) in [6.45, 7) is 6.23. The molecule has 0 aromatic carbocycles. The van der Waals surface area contributed by atoms with Gasteiger partial charge in [0.2, 0.25) is 0 Å². The molecule has 0 nitrogen and oxygen atoms in total. The number of rotatable bonds is 3. The van der Waals surface area contributed by atoms with Crippen molar-refractivity contribution in [1.29, 1.82) is 0 Å². The molecule has 0 N–H and O–H groups in total. The Morgan fingerprint density at radius 1 is 0.700 bits per heavy atom. The Balaban J connectivity index is 3.97. The van der Waals surface area contributed by atoms with Gasteiger partial charge in [0.15, 0.2) is 0 Å².